The van der Waals surface area contributed by atoms with Crippen molar-refractivity contribution in [2.75, 3.05) is 0 Å². The minimum Gasteiger partial charge on any atom is -0.273 e. The Labute approximate surface area is 183 Å². The van der Waals surface area contributed by atoms with Crippen molar-refractivity contribution in [1.82, 2.24) is 10.4 Å². The third kappa shape index (κ3) is 3.24. The molecular formula is C21H21N3O4S2. The minimum absolute atomic E-state index is 0.0830. The zero-order chi connectivity index (χ0) is 21.0. The molecule has 1 aliphatic heterocycles. The molecule has 0 atom stereocenters. The largest absolute Gasteiger partial charge is 0.285 e. The van der Waals surface area contributed by atoms with Crippen LogP contribution in [0.3, 0.4) is 0 Å². The molecule has 4 saturated carbocycles. The van der Waals surface area contributed by atoms with Gasteiger partial charge in [0, 0.05) is 6.07 Å². The van der Waals surface area contributed by atoms with E-state index in [4.69, 9.17) is 12.2 Å². The van der Waals surface area contributed by atoms with Crippen LogP contribution in [-0.2, 0) is 9.59 Å². The number of thioether (sulfide) groups is 1. The number of carbonyl (C=O) groups is 2. The summed E-state index contributed by atoms with van der Waals surface area (Å²) in [5.41, 5.74) is 2.65. The van der Waals surface area contributed by atoms with E-state index in [1.54, 1.807) is 18.2 Å². The van der Waals surface area contributed by atoms with Crippen LogP contribution in [0.4, 0.5) is 5.69 Å². The summed E-state index contributed by atoms with van der Waals surface area (Å²) in [4.78, 5) is 37.2. The molecule has 0 aromatic heterocycles. The molecule has 1 saturated heterocycles. The normalized spacial score (nSPS) is 33.4. The van der Waals surface area contributed by atoms with E-state index < -0.39 is 10.8 Å². The van der Waals surface area contributed by atoms with E-state index in [2.05, 4.69) is 5.43 Å². The van der Waals surface area contributed by atoms with Gasteiger partial charge in [-0.25, -0.2) is 0 Å². The van der Waals surface area contributed by atoms with Crippen LogP contribution in [0.1, 0.15) is 44.1 Å². The molecule has 4 bridgehead atoms. The molecule has 1 aromatic carbocycles. The number of thiocarbonyl (C=S) groups is 1. The Morgan fingerprint density at radius 3 is 2.40 bits per heavy atom. The number of benzene rings is 1. The molecule has 30 heavy (non-hydrogen) atoms. The van der Waals surface area contributed by atoms with Crippen LogP contribution in [0.5, 0.6) is 0 Å². The van der Waals surface area contributed by atoms with Crippen molar-refractivity contribution in [3.8, 4) is 0 Å². The number of rotatable bonds is 4. The molecular weight excluding hydrogens is 422 g/mol. The number of hydrogen-bond acceptors (Lipinski definition) is 6. The number of amides is 2. The first kappa shape index (κ1) is 19.7. The number of nitro groups is 1. The van der Waals surface area contributed by atoms with Gasteiger partial charge in [0.2, 0.25) is 5.91 Å². The highest BCUT2D eigenvalue weighted by Crippen LogP contribution is 2.60. The van der Waals surface area contributed by atoms with Crippen LogP contribution < -0.4 is 5.43 Å². The van der Waals surface area contributed by atoms with Crippen molar-refractivity contribution >= 4 is 51.9 Å². The summed E-state index contributed by atoms with van der Waals surface area (Å²) in [6, 6.07) is 6.22. The lowest BCUT2D eigenvalue weighted by Crippen LogP contribution is -2.57. The van der Waals surface area contributed by atoms with Crippen LogP contribution in [0.25, 0.3) is 6.08 Å². The first-order valence-corrected chi connectivity index (χ1v) is 11.4. The third-order valence-corrected chi connectivity index (χ3v) is 8.25. The Morgan fingerprint density at radius 1 is 1.20 bits per heavy atom. The monoisotopic (exact) mass is 443 g/mol. The minimum atomic E-state index is -0.485. The van der Waals surface area contributed by atoms with Crippen LogP contribution in [0, 0.1) is 33.3 Å². The number of para-hydroxylation sites is 1. The van der Waals surface area contributed by atoms with Gasteiger partial charge in [0.05, 0.1) is 20.8 Å². The molecule has 1 N–H and O–H groups in total. The highest BCUT2D eigenvalue weighted by molar-refractivity contribution is 8.26. The van der Waals surface area contributed by atoms with E-state index in [9.17, 15) is 19.7 Å². The Kier molecular flexibility index (Phi) is 4.70. The van der Waals surface area contributed by atoms with Gasteiger partial charge in [-0.05, 0) is 80.6 Å². The number of nitrogens with one attached hydrogen (secondary N) is 1. The zero-order valence-electron chi connectivity index (χ0n) is 16.2. The fourth-order valence-electron chi connectivity index (χ4n) is 6.09. The summed E-state index contributed by atoms with van der Waals surface area (Å²) in [5.74, 6) is 1.30. The van der Waals surface area contributed by atoms with E-state index in [0.717, 1.165) is 36.0 Å². The molecule has 4 aliphatic carbocycles. The Bertz CT molecular complexity index is 970. The molecule has 156 valence electrons. The molecule has 9 heteroatoms. The van der Waals surface area contributed by atoms with Gasteiger partial charge in [-0.2, -0.15) is 5.01 Å². The molecule has 1 heterocycles. The number of nitrogens with zero attached hydrogens (tertiary/aromatic N) is 2. The van der Waals surface area contributed by atoms with Gasteiger partial charge in [-0.1, -0.05) is 23.9 Å². The Morgan fingerprint density at radius 2 is 1.80 bits per heavy atom. The van der Waals surface area contributed by atoms with Gasteiger partial charge < -0.3 is 0 Å². The van der Waals surface area contributed by atoms with Crippen LogP contribution in [-0.4, -0.2) is 26.1 Å². The average molecular weight is 444 g/mol. The third-order valence-electron chi connectivity index (χ3n) is 6.95. The average Bonchev–Trinajstić information content (AvgIpc) is 2.94. The highest BCUT2D eigenvalue weighted by Gasteiger charge is 2.55. The Hall–Kier alpha value is -2.26. The van der Waals surface area contributed by atoms with Gasteiger partial charge in [-0.15, -0.1) is 0 Å². The fraction of sp³-hybridized carbons (Fsp3) is 0.476. The molecule has 0 spiro atoms. The zero-order valence-corrected chi connectivity index (χ0v) is 17.8. The molecule has 7 nitrogen and oxygen atoms in total. The lowest BCUT2D eigenvalue weighted by molar-refractivity contribution is -0.385. The van der Waals surface area contributed by atoms with E-state index in [1.165, 1.54) is 31.4 Å². The van der Waals surface area contributed by atoms with Crippen molar-refractivity contribution in [2.45, 2.75) is 38.5 Å². The fourth-order valence-corrected chi connectivity index (χ4v) is 7.26. The lowest BCUT2D eigenvalue weighted by Gasteiger charge is -2.55. The number of hydrogen-bond donors (Lipinski definition) is 1. The quantitative estimate of drug-likeness (QED) is 0.327. The molecule has 5 fully saturated rings. The van der Waals surface area contributed by atoms with E-state index in [1.807, 2.05) is 0 Å². The maximum atomic E-state index is 13.3. The lowest BCUT2D eigenvalue weighted by atomic mass is 9.49. The Balaban J connectivity index is 1.36. The van der Waals surface area contributed by atoms with Gasteiger partial charge in [0.25, 0.3) is 11.6 Å². The first-order valence-electron chi connectivity index (χ1n) is 10.2. The second-order valence-corrected chi connectivity index (χ2v) is 10.6. The standard InChI is InChI=1S/C21H21N3O4S2/c25-18-17(8-15-3-1-2-4-16(15)24(27)28)30-20(29)23(18)22-19(26)21-9-12-5-13(10-21)7-14(6-12)11-21/h1-4,8,12-14H,5-7,9-11H2,(H,22,26)/b17-8+. The second-order valence-electron chi connectivity index (χ2n) is 8.97. The van der Waals surface area contributed by atoms with Crippen molar-refractivity contribution < 1.29 is 14.5 Å². The number of nitro benzene ring substituents is 1. The maximum absolute atomic E-state index is 13.3. The SMILES string of the molecule is O=C1/C(=C\c2ccccc2[N+](=O)[O-])SC(=S)N1NC(=O)C12CC3CC(CC(C3)C1)C2. The molecule has 0 unspecified atom stereocenters. The molecule has 2 amide bonds. The number of carbonyl (C=O) groups excluding carboxylic acids is 2. The van der Waals surface area contributed by atoms with Crippen molar-refractivity contribution in [3.05, 3.63) is 44.8 Å². The van der Waals surface area contributed by atoms with Gasteiger partial charge in [0.15, 0.2) is 4.32 Å². The van der Waals surface area contributed by atoms with Gasteiger partial charge in [0.1, 0.15) is 0 Å². The summed E-state index contributed by atoms with van der Waals surface area (Å²) >= 11 is 6.38. The van der Waals surface area contributed by atoms with E-state index in [-0.39, 0.29) is 26.2 Å². The summed E-state index contributed by atoms with van der Waals surface area (Å²) in [7, 11) is 0. The second kappa shape index (κ2) is 7.16. The maximum Gasteiger partial charge on any atom is 0.285 e. The van der Waals surface area contributed by atoms with Gasteiger partial charge >= 0.3 is 0 Å². The summed E-state index contributed by atoms with van der Waals surface area (Å²) in [6.45, 7) is 0. The van der Waals surface area contributed by atoms with Gasteiger partial charge in [-0.3, -0.25) is 25.1 Å². The van der Waals surface area contributed by atoms with Crippen LogP contribution in [0.15, 0.2) is 29.2 Å². The predicted octanol–water partition coefficient (Wildman–Crippen LogP) is 4.04. The smallest absolute Gasteiger partial charge is 0.273 e. The molecule has 5 aliphatic rings. The van der Waals surface area contributed by atoms with Crippen LogP contribution in [0.2, 0.25) is 0 Å². The van der Waals surface area contributed by atoms with Crippen molar-refractivity contribution in [1.29, 1.82) is 0 Å². The molecule has 0 radical (unpaired) electrons. The van der Waals surface area contributed by atoms with Crippen molar-refractivity contribution in [3.63, 3.8) is 0 Å². The highest BCUT2D eigenvalue weighted by atomic mass is 32.2. The summed E-state index contributed by atoms with van der Waals surface area (Å²) in [5, 5.41) is 12.4. The predicted molar refractivity (Wildman–Crippen MR) is 117 cm³/mol. The van der Waals surface area contributed by atoms with E-state index >= 15 is 0 Å². The topological polar surface area (TPSA) is 92.5 Å². The first-order chi connectivity index (χ1) is 14.3. The van der Waals surface area contributed by atoms with E-state index in [0.29, 0.717) is 23.3 Å². The summed E-state index contributed by atoms with van der Waals surface area (Å²) < 4.78 is 0.239. The summed E-state index contributed by atoms with van der Waals surface area (Å²) in [6.07, 6.45) is 7.84. The van der Waals surface area contributed by atoms with Crippen LogP contribution >= 0.6 is 24.0 Å². The molecule has 6 rings (SSSR count). The number of hydrazine groups is 1. The van der Waals surface area contributed by atoms with Crippen molar-refractivity contribution in [2.24, 2.45) is 23.2 Å². The molecule has 1 aromatic rings.